The summed E-state index contributed by atoms with van der Waals surface area (Å²) in [5.41, 5.74) is 5.57. The second kappa shape index (κ2) is 13.8. The number of aromatic nitrogens is 4. The number of nitrogens with zero attached hydrogens (tertiary/aromatic N) is 3. The minimum atomic E-state index is -0.624. The third kappa shape index (κ3) is 6.78. The van der Waals surface area contributed by atoms with Gasteiger partial charge in [-0.25, -0.2) is 9.78 Å². The van der Waals surface area contributed by atoms with E-state index in [2.05, 4.69) is 24.0 Å². The number of ether oxygens (including phenoxy) is 1. The molecule has 206 valence electrons. The van der Waals surface area contributed by atoms with E-state index in [-0.39, 0.29) is 36.5 Å². The van der Waals surface area contributed by atoms with Crippen molar-refractivity contribution in [2.24, 2.45) is 0 Å². The Morgan fingerprint density at radius 1 is 0.951 bits per heavy atom. The number of hydrogen-bond acceptors (Lipinski definition) is 6. The van der Waals surface area contributed by atoms with Crippen LogP contribution in [-0.2, 0) is 12.8 Å². The first-order valence-electron chi connectivity index (χ1n) is 13.6. The summed E-state index contributed by atoms with van der Waals surface area (Å²) in [5, 5.41) is 3.94. The second-order valence-corrected chi connectivity index (χ2v) is 9.68. The molecule has 9 heteroatoms. The molecule has 0 aliphatic carbocycles. The Kier molecular flexibility index (Phi) is 10.2. The molecular weight excluding hydrogens is 527 g/mol. The molecule has 1 N–H and O–H groups in total. The number of rotatable bonds is 10. The van der Waals surface area contributed by atoms with E-state index in [1.54, 1.807) is 4.57 Å². The fraction of sp³-hybridized carbons (Fsp3) is 0.250. The first kappa shape index (κ1) is 30.2. The van der Waals surface area contributed by atoms with Crippen molar-refractivity contribution in [1.82, 2.24) is 19.7 Å². The number of aryl methyl sites for hydroxylation is 2. The normalized spacial score (nSPS) is 10.8. The van der Waals surface area contributed by atoms with Crippen molar-refractivity contribution in [1.29, 1.82) is 0 Å². The molecule has 5 aromatic rings. The van der Waals surface area contributed by atoms with Gasteiger partial charge in [0.1, 0.15) is 11.6 Å². The molecule has 8 nitrogen and oxygen atoms in total. The summed E-state index contributed by atoms with van der Waals surface area (Å²) in [6.07, 6.45) is 2.86. The van der Waals surface area contributed by atoms with Gasteiger partial charge in [-0.3, -0.25) is 18.9 Å². The molecule has 0 amide bonds. The molecule has 0 spiro atoms. The minimum absolute atomic E-state index is 0. The topological polar surface area (TPSA) is 103 Å². The van der Waals surface area contributed by atoms with Crippen LogP contribution in [0, 0.1) is 6.92 Å². The third-order valence-electron chi connectivity index (χ3n) is 6.73. The quantitative estimate of drug-likeness (QED) is 0.264. The van der Waals surface area contributed by atoms with Crippen molar-refractivity contribution in [3.63, 3.8) is 0 Å². The molecule has 0 saturated carbocycles. The van der Waals surface area contributed by atoms with E-state index >= 15 is 0 Å². The van der Waals surface area contributed by atoms with Gasteiger partial charge in [-0.1, -0.05) is 67.9 Å². The van der Waals surface area contributed by atoms with Gasteiger partial charge in [0.25, 0.3) is 5.56 Å². The zero-order valence-electron chi connectivity index (χ0n) is 24.9. The Morgan fingerprint density at radius 3 is 2.37 bits per heavy atom. The van der Waals surface area contributed by atoms with Crippen LogP contribution in [0.25, 0.3) is 28.2 Å². The predicted octanol–water partition coefficient (Wildman–Crippen LogP) is 3.00. The smallest absolute Gasteiger partial charge is 1.00 e. The largest absolute Gasteiger partial charge is 1.00 e. The summed E-state index contributed by atoms with van der Waals surface area (Å²) in [5.74, 6) is 1.12. The maximum absolute atomic E-state index is 14.0. The van der Waals surface area contributed by atoms with Crippen molar-refractivity contribution in [3.8, 4) is 34.0 Å². The van der Waals surface area contributed by atoms with Crippen LogP contribution in [0.15, 0.2) is 86.9 Å². The van der Waals surface area contributed by atoms with E-state index in [9.17, 15) is 9.59 Å². The molecule has 5 rings (SSSR count). The van der Waals surface area contributed by atoms with Gasteiger partial charge in [-0.05, 0) is 66.8 Å². The summed E-state index contributed by atoms with van der Waals surface area (Å²) >= 11 is 0. The Labute approximate surface area is 262 Å². The fourth-order valence-corrected chi connectivity index (χ4v) is 4.87. The maximum Gasteiger partial charge on any atom is 1.00 e. The van der Waals surface area contributed by atoms with Crippen LogP contribution < -0.4 is 45.6 Å². The summed E-state index contributed by atoms with van der Waals surface area (Å²) in [6.45, 7) is 6.64. The molecule has 0 atom stereocenters. The van der Waals surface area contributed by atoms with Crippen molar-refractivity contribution in [2.75, 3.05) is 6.61 Å². The van der Waals surface area contributed by atoms with E-state index < -0.39 is 5.76 Å². The fourth-order valence-electron chi connectivity index (χ4n) is 4.87. The molecule has 0 aliphatic heterocycles. The number of hydrogen-bond donors (Lipinski definition) is 1. The predicted molar refractivity (Wildman–Crippen MR) is 156 cm³/mol. The molecule has 0 saturated heterocycles. The maximum atomic E-state index is 14.0. The van der Waals surface area contributed by atoms with Crippen LogP contribution in [0.2, 0.25) is 0 Å². The van der Waals surface area contributed by atoms with Gasteiger partial charge in [0.2, 0.25) is 0 Å². The first-order chi connectivity index (χ1) is 19.5. The standard InChI is InChI=1S/C32H32N4O4.Na.H/c1-4-9-29-28(31(37)36(21(3)33-29)24-13-15-25(16-14-24)39-18-5-2)20-22-12-17-26(23-10-7-6-8-11-23)27(19-22)30-34-32(38)40-35-30;;/h6-8,10-17,19H,4-5,9,18,20H2,1-3H3,(H,34,35,38);;/q;+1;-1. The zero-order chi connectivity index (χ0) is 28.1. The Hall–Kier alpha value is -3.72. The van der Waals surface area contributed by atoms with Crippen LogP contribution in [0.4, 0.5) is 0 Å². The van der Waals surface area contributed by atoms with Gasteiger partial charge in [0.05, 0.1) is 18.0 Å². The van der Waals surface area contributed by atoms with Gasteiger partial charge in [0, 0.05) is 17.5 Å². The number of benzene rings is 3. The van der Waals surface area contributed by atoms with E-state index in [0.29, 0.717) is 36.7 Å². The van der Waals surface area contributed by atoms with E-state index in [4.69, 9.17) is 14.2 Å². The number of nitrogens with one attached hydrogen (secondary N) is 1. The second-order valence-electron chi connectivity index (χ2n) is 9.68. The minimum Gasteiger partial charge on any atom is -1.00 e. The monoisotopic (exact) mass is 560 g/mol. The summed E-state index contributed by atoms with van der Waals surface area (Å²) in [7, 11) is 0. The zero-order valence-corrected chi connectivity index (χ0v) is 25.9. The van der Waals surface area contributed by atoms with Crippen LogP contribution >= 0.6 is 0 Å². The third-order valence-corrected chi connectivity index (χ3v) is 6.73. The van der Waals surface area contributed by atoms with E-state index in [1.165, 1.54) is 0 Å². The number of H-pyrrole nitrogens is 1. The first-order valence-corrected chi connectivity index (χ1v) is 13.6. The molecule has 2 aromatic heterocycles. The van der Waals surface area contributed by atoms with E-state index in [1.807, 2.05) is 79.7 Å². The average Bonchev–Trinajstić information content (AvgIpc) is 3.41. The summed E-state index contributed by atoms with van der Waals surface area (Å²) < 4.78 is 12.2. The molecule has 3 aromatic carbocycles. The summed E-state index contributed by atoms with van der Waals surface area (Å²) in [4.78, 5) is 33.3. The molecular formula is C32H33N4NaO4. The van der Waals surface area contributed by atoms with Crippen molar-refractivity contribution >= 4 is 0 Å². The molecule has 0 fully saturated rings. The Bertz CT molecular complexity index is 1730. The van der Waals surface area contributed by atoms with Gasteiger partial charge < -0.3 is 6.16 Å². The SMILES string of the molecule is CCCOc1ccc(-n2c(C)nc(CCC)c(Cc3ccc(-c4ccccc4)c(-c4noc(=O)[nH]4)c3)c2=O)cc1.[H-].[Na+]. The molecule has 41 heavy (non-hydrogen) atoms. The van der Waals surface area contributed by atoms with Gasteiger partial charge in [-0.15, -0.1) is 0 Å². The summed E-state index contributed by atoms with van der Waals surface area (Å²) in [6, 6.07) is 23.3. The molecule has 2 heterocycles. The van der Waals surface area contributed by atoms with Gasteiger partial charge in [-0.2, -0.15) is 0 Å². The van der Waals surface area contributed by atoms with Crippen LogP contribution in [0.3, 0.4) is 0 Å². The molecule has 0 bridgehead atoms. The van der Waals surface area contributed by atoms with E-state index in [0.717, 1.165) is 52.2 Å². The van der Waals surface area contributed by atoms with Crippen molar-refractivity contribution in [2.45, 2.75) is 46.5 Å². The van der Waals surface area contributed by atoms with Crippen molar-refractivity contribution < 1.29 is 40.2 Å². The van der Waals surface area contributed by atoms with Crippen molar-refractivity contribution in [3.05, 3.63) is 116 Å². The Balaban J connectivity index is 0.00000242. The average molecular weight is 561 g/mol. The molecule has 0 aliphatic rings. The van der Waals surface area contributed by atoms with Crippen LogP contribution in [0.5, 0.6) is 5.75 Å². The van der Waals surface area contributed by atoms with Crippen LogP contribution in [-0.4, -0.2) is 26.3 Å². The van der Waals surface area contributed by atoms with Gasteiger partial charge >= 0.3 is 35.3 Å². The van der Waals surface area contributed by atoms with Gasteiger partial charge in [0.15, 0.2) is 5.82 Å². The molecule has 0 unspecified atom stereocenters. The molecule has 0 radical (unpaired) electrons. The van der Waals surface area contributed by atoms with Crippen LogP contribution in [0.1, 0.15) is 50.8 Å². The number of aromatic amines is 1. The Morgan fingerprint density at radius 2 is 1.71 bits per heavy atom.